The normalized spacial score (nSPS) is 15.2. The van der Waals surface area contributed by atoms with Gasteiger partial charge in [-0.1, -0.05) is 31.2 Å². The largest absolute Gasteiger partial charge is 0.481 e. The molecule has 1 fully saturated rings. The van der Waals surface area contributed by atoms with Gasteiger partial charge in [0.25, 0.3) is 5.91 Å². The van der Waals surface area contributed by atoms with Gasteiger partial charge in [-0.3, -0.25) is 4.79 Å². The summed E-state index contributed by atoms with van der Waals surface area (Å²) in [5, 5.41) is 11.8. The first-order valence-corrected chi connectivity index (χ1v) is 11.5. The molecule has 0 aliphatic carbocycles. The second-order valence-electron chi connectivity index (χ2n) is 8.39. The molecule has 0 spiro atoms. The molecule has 7 heteroatoms. The van der Waals surface area contributed by atoms with Crippen molar-refractivity contribution in [1.82, 2.24) is 15.1 Å². The summed E-state index contributed by atoms with van der Waals surface area (Å²) in [6.45, 7) is 7.81. The number of nitrogens with one attached hydrogen (secondary N) is 1. The fourth-order valence-electron chi connectivity index (χ4n) is 3.74. The minimum atomic E-state index is -0.621. The topological polar surface area (TPSA) is 70.6 Å². The molecule has 1 unspecified atom stereocenters. The van der Waals surface area contributed by atoms with Crippen molar-refractivity contribution >= 4 is 17.4 Å². The first-order chi connectivity index (χ1) is 16.0. The zero-order valence-corrected chi connectivity index (χ0v) is 19.5. The van der Waals surface area contributed by atoms with Crippen molar-refractivity contribution in [2.24, 2.45) is 0 Å². The molecule has 4 rings (SSSR count). The van der Waals surface area contributed by atoms with Gasteiger partial charge in [0.2, 0.25) is 0 Å². The molecule has 1 atom stereocenters. The number of hydrogen-bond acceptors (Lipinski definition) is 6. The van der Waals surface area contributed by atoms with Gasteiger partial charge in [0.15, 0.2) is 11.9 Å². The van der Waals surface area contributed by atoms with E-state index in [1.807, 2.05) is 60.7 Å². The Labute approximate surface area is 195 Å². The summed E-state index contributed by atoms with van der Waals surface area (Å²) >= 11 is 0. The van der Waals surface area contributed by atoms with Crippen molar-refractivity contribution in [3.05, 3.63) is 66.2 Å². The second kappa shape index (κ2) is 10.4. The molecular weight excluding hydrogens is 414 g/mol. The number of amides is 1. The highest BCUT2D eigenvalue weighted by molar-refractivity contribution is 5.94. The molecule has 1 aliphatic rings. The first kappa shape index (κ1) is 22.7. The Hall–Kier alpha value is -3.45. The predicted molar refractivity (Wildman–Crippen MR) is 132 cm³/mol. The second-order valence-corrected chi connectivity index (χ2v) is 8.39. The first-order valence-electron chi connectivity index (χ1n) is 11.5. The maximum absolute atomic E-state index is 12.7. The van der Waals surface area contributed by atoms with Gasteiger partial charge in [-0.05, 0) is 62.4 Å². The summed E-state index contributed by atoms with van der Waals surface area (Å²) in [6.07, 6.45) is 0.346. The Morgan fingerprint density at radius 2 is 1.79 bits per heavy atom. The molecule has 2 heterocycles. The standard InChI is InChI=1S/C26H31N5O2/c1-4-20-8-10-23(11-9-20)33-19(2)26(32)27-22-7-5-6-21(18-22)24-12-13-25(29-28-24)31-16-14-30(3)15-17-31/h5-13,18-19H,4,14-17H2,1-3H3,(H,27,32). The molecular formula is C26H31N5O2. The highest BCUT2D eigenvalue weighted by atomic mass is 16.5. The lowest BCUT2D eigenvalue weighted by molar-refractivity contribution is -0.122. The Balaban J connectivity index is 1.38. The average molecular weight is 446 g/mol. The molecule has 2 aromatic carbocycles. The summed E-state index contributed by atoms with van der Waals surface area (Å²) in [7, 11) is 2.13. The fraction of sp³-hybridized carbons (Fsp3) is 0.346. The Morgan fingerprint density at radius 3 is 2.45 bits per heavy atom. The molecule has 3 aromatic rings. The molecule has 1 aliphatic heterocycles. The SMILES string of the molecule is CCc1ccc(OC(C)C(=O)Nc2cccc(-c3ccc(N4CCN(C)CC4)nn3)c2)cc1. The lowest BCUT2D eigenvalue weighted by Gasteiger charge is -2.32. The van der Waals surface area contributed by atoms with Gasteiger partial charge in [-0.15, -0.1) is 10.2 Å². The fourth-order valence-corrected chi connectivity index (χ4v) is 3.74. The number of nitrogens with zero attached hydrogens (tertiary/aromatic N) is 4. The Bertz CT molecular complexity index is 1060. The summed E-state index contributed by atoms with van der Waals surface area (Å²) < 4.78 is 5.80. The number of aromatic nitrogens is 2. The highest BCUT2D eigenvalue weighted by Crippen LogP contribution is 2.23. The summed E-state index contributed by atoms with van der Waals surface area (Å²) in [6, 6.07) is 19.4. The minimum Gasteiger partial charge on any atom is -0.481 e. The number of aryl methyl sites for hydroxylation is 1. The smallest absolute Gasteiger partial charge is 0.265 e. The van der Waals surface area contributed by atoms with Crippen molar-refractivity contribution in [1.29, 1.82) is 0 Å². The maximum atomic E-state index is 12.7. The minimum absolute atomic E-state index is 0.205. The predicted octanol–water partition coefficient (Wildman–Crippen LogP) is 3.86. The lowest BCUT2D eigenvalue weighted by Crippen LogP contribution is -2.44. The van der Waals surface area contributed by atoms with Crippen LogP contribution in [0.1, 0.15) is 19.4 Å². The molecule has 33 heavy (non-hydrogen) atoms. The van der Waals surface area contributed by atoms with Crippen LogP contribution >= 0.6 is 0 Å². The third-order valence-corrected chi connectivity index (χ3v) is 5.92. The van der Waals surface area contributed by atoms with Gasteiger partial charge in [0, 0.05) is 37.4 Å². The summed E-state index contributed by atoms with van der Waals surface area (Å²) in [5.41, 5.74) is 3.59. The van der Waals surface area contributed by atoms with Crippen LogP contribution in [0.15, 0.2) is 60.7 Å². The van der Waals surface area contributed by atoms with E-state index in [2.05, 4.69) is 39.3 Å². The Morgan fingerprint density at radius 1 is 1.03 bits per heavy atom. The van der Waals surface area contributed by atoms with Crippen LogP contribution in [0.25, 0.3) is 11.3 Å². The van der Waals surface area contributed by atoms with Crippen LogP contribution in [0.5, 0.6) is 5.75 Å². The van der Waals surface area contributed by atoms with Gasteiger partial charge in [-0.2, -0.15) is 0 Å². The van der Waals surface area contributed by atoms with E-state index in [0.717, 1.165) is 49.7 Å². The van der Waals surface area contributed by atoms with Crippen molar-refractivity contribution in [3.63, 3.8) is 0 Å². The van der Waals surface area contributed by atoms with Crippen LogP contribution in [0.4, 0.5) is 11.5 Å². The number of hydrogen-bond donors (Lipinski definition) is 1. The van der Waals surface area contributed by atoms with Gasteiger partial charge in [0.05, 0.1) is 5.69 Å². The average Bonchev–Trinajstić information content (AvgIpc) is 2.85. The molecule has 7 nitrogen and oxygen atoms in total. The number of likely N-dealkylation sites (N-methyl/N-ethyl adjacent to an activating group) is 1. The zero-order valence-electron chi connectivity index (χ0n) is 19.5. The number of piperazine rings is 1. The van der Waals surface area contributed by atoms with Crippen LogP contribution < -0.4 is 15.0 Å². The van der Waals surface area contributed by atoms with E-state index < -0.39 is 6.10 Å². The van der Waals surface area contributed by atoms with Gasteiger partial charge in [-0.25, -0.2) is 0 Å². The van der Waals surface area contributed by atoms with Crippen molar-refractivity contribution in [2.45, 2.75) is 26.4 Å². The van der Waals surface area contributed by atoms with Crippen LogP contribution in [0, 0.1) is 0 Å². The van der Waals surface area contributed by atoms with E-state index in [1.165, 1.54) is 5.56 Å². The number of rotatable bonds is 7. The summed E-state index contributed by atoms with van der Waals surface area (Å²) in [5.74, 6) is 1.37. The number of carbonyl (C=O) groups is 1. The van der Waals surface area contributed by atoms with E-state index in [0.29, 0.717) is 11.4 Å². The number of carbonyl (C=O) groups excluding carboxylic acids is 1. The lowest BCUT2D eigenvalue weighted by atomic mass is 10.1. The zero-order chi connectivity index (χ0) is 23.2. The maximum Gasteiger partial charge on any atom is 0.265 e. The van der Waals surface area contributed by atoms with Crippen LogP contribution in [0.3, 0.4) is 0 Å². The van der Waals surface area contributed by atoms with E-state index in [-0.39, 0.29) is 5.91 Å². The Kier molecular flexibility index (Phi) is 7.19. The highest BCUT2D eigenvalue weighted by Gasteiger charge is 2.17. The number of ether oxygens (including phenoxy) is 1. The van der Waals surface area contributed by atoms with E-state index in [4.69, 9.17) is 4.74 Å². The molecule has 172 valence electrons. The van der Waals surface area contributed by atoms with E-state index >= 15 is 0 Å². The third kappa shape index (κ3) is 5.87. The molecule has 0 radical (unpaired) electrons. The molecule has 1 N–H and O–H groups in total. The number of anilines is 2. The van der Waals surface area contributed by atoms with Crippen molar-refractivity contribution in [3.8, 4) is 17.0 Å². The van der Waals surface area contributed by atoms with Crippen LogP contribution in [-0.2, 0) is 11.2 Å². The van der Waals surface area contributed by atoms with Crippen LogP contribution in [-0.4, -0.2) is 60.3 Å². The van der Waals surface area contributed by atoms with Gasteiger partial charge >= 0.3 is 0 Å². The quantitative estimate of drug-likeness (QED) is 0.596. The van der Waals surface area contributed by atoms with Gasteiger partial charge < -0.3 is 19.9 Å². The van der Waals surface area contributed by atoms with Gasteiger partial charge in [0.1, 0.15) is 5.75 Å². The van der Waals surface area contributed by atoms with E-state index in [1.54, 1.807) is 6.92 Å². The van der Waals surface area contributed by atoms with E-state index in [9.17, 15) is 4.79 Å². The third-order valence-electron chi connectivity index (χ3n) is 5.92. The van der Waals surface area contributed by atoms with Crippen molar-refractivity contribution < 1.29 is 9.53 Å². The van der Waals surface area contributed by atoms with Crippen LogP contribution in [0.2, 0.25) is 0 Å². The molecule has 1 saturated heterocycles. The molecule has 1 aromatic heterocycles. The number of benzene rings is 2. The monoisotopic (exact) mass is 445 g/mol. The molecule has 0 bridgehead atoms. The summed E-state index contributed by atoms with van der Waals surface area (Å²) in [4.78, 5) is 17.2. The molecule has 0 saturated carbocycles. The van der Waals surface area contributed by atoms with Crippen molar-refractivity contribution in [2.75, 3.05) is 43.4 Å². The molecule has 1 amide bonds.